The van der Waals surface area contributed by atoms with E-state index >= 15 is 0 Å². The van der Waals surface area contributed by atoms with E-state index in [1.807, 2.05) is 6.08 Å². The zero-order chi connectivity index (χ0) is 22.7. The second kappa shape index (κ2) is 6.29. The molecule has 0 radical (unpaired) electrons. The molecule has 5 rings (SSSR count). The van der Waals surface area contributed by atoms with E-state index in [-0.39, 0.29) is 11.3 Å². The van der Waals surface area contributed by atoms with E-state index < -0.39 is 0 Å². The quantitative estimate of drug-likeness (QED) is 0.382. The van der Waals surface area contributed by atoms with E-state index in [2.05, 4.69) is 61.5 Å². The number of hydrogen-bond donors (Lipinski definition) is 0. The summed E-state index contributed by atoms with van der Waals surface area (Å²) in [6.07, 6.45) is 16.7. The molecule has 1 nitrogen and oxygen atoms in total. The van der Waals surface area contributed by atoms with Gasteiger partial charge in [0.25, 0.3) is 0 Å². The van der Waals surface area contributed by atoms with Gasteiger partial charge in [0.15, 0.2) is 5.78 Å². The van der Waals surface area contributed by atoms with Crippen molar-refractivity contribution in [1.29, 1.82) is 0 Å². The van der Waals surface area contributed by atoms with Crippen LogP contribution in [0.3, 0.4) is 0 Å². The minimum atomic E-state index is 0.150. The first kappa shape index (κ1) is 22.2. The van der Waals surface area contributed by atoms with Crippen molar-refractivity contribution in [2.24, 2.45) is 56.2 Å². The highest BCUT2D eigenvalue weighted by Crippen LogP contribution is 2.78. The van der Waals surface area contributed by atoms with Gasteiger partial charge in [0, 0.05) is 5.92 Å². The lowest BCUT2D eigenvalue weighted by Crippen LogP contribution is -2.67. The molecule has 31 heavy (non-hydrogen) atoms. The van der Waals surface area contributed by atoms with E-state index in [1.54, 1.807) is 0 Å². The van der Waals surface area contributed by atoms with Crippen LogP contribution in [0.2, 0.25) is 0 Å². The number of rotatable bonds is 0. The number of ketones is 1. The van der Waals surface area contributed by atoms with E-state index in [0.717, 1.165) is 11.8 Å². The Balaban J connectivity index is 1.57. The molecule has 0 saturated heterocycles. The summed E-state index contributed by atoms with van der Waals surface area (Å²) in [6, 6.07) is 0. The average Bonchev–Trinajstić information content (AvgIpc) is 2.69. The summed E-state index contributed by atoms with van der Waals surface area (Å²) in [6.45, 7) is 20.5. The third-order valence-electron chi connectivity index (χ3n) is 13.3. The van der Waals surface area contributed by atoms with Gasteiger partial charge >= 0.3 is 0 Å². The van der Waals surface area contributed by atoms with Crippen LogP contribution >= 0.6 is 0 Å². The van der Waals surface area contributed by atoms with Crippen LogP contribution in [-0.2, 0) is 4.79 Å². The predicted octanol–water partition coefficient (Wildman–Crippen LogP) is 8.23. The molecule has 0 amide bonds. The first-order valence-corrected chi connectivity index (χ1v) is 13.4. The molecule has 0 aromatic heterocycles. The lowest BCUT2D eigenvalue weighted by atomic mass is 9.30. The SMILES string of the molecule is C[C@H]1C(=O)C=C[C@H]2[C@]3(C)CC[C@@]4(C)[C@H]5CC(C)(C)CC[C@]5(C)CC[C@]4(C)[C@@H]3CC[C@@]21C. The molecule has 0 bridgehead atoms. The molecule has 1 heteroatoms. The highest BCUT2D eigenvalue weighted by atomic mass is 16.1. The molecule has 0 aliphatic heterocycles. The zero-order valence-electron chi connectivity index (χ0n) is 21.7. The van der Waals surface area contributed by atoms with Gasteiger partial charge in [0.2, 0.25) is 0 Å². The van der Waals surface area contributed by atoms with Crippen molar-refractivity contribution in [2.45, 2.75) is 113 Å². The maximum atomic E-state index is 12.6. The van der Waals surface area contributed by atoms with Crippen molar-refractivity contribution in [1.82, 2.24) is 0 Å². The Labute approximate surface area is 192 Å². The highest BCUT2D eigenvalue weighted by Gasteiger charge is 2.70. The molecule has 4 saturated carbocycles. The number of carbonyl (C=O) groups is 1. The molecule has 0 aromatic rings. The van der Waals surface area contributed by atoms with Crippen LogP contribution in [0, 0.1) is 56.2 Å². The third-order valence-corrected chi connectivity index (χ3v) is 13.3. The summed E-state index contributed by atoms with van der Waals surface area (Å²) in [7, 11) is 0. The first-order valence-electron chi connectivity index (χ1n) is 13.4. The fourth-order valence-electron chi connectivity index (χ4n) is 10.7. The van der Waals surface area contributed by atoms with Crippen LogP contribution in [0.15, 0.2) is 12.2 Å². The summed E-state index contributed by atoms with van der Waals surface area (Å²) < 4.78 is 0. The van der Waals surface area contributed by atoms with Gasteiger partial charge in [-0.25, -0.2) is 0 Å². The first-order chi connectivity index (χ1) is 14.2. The molecule has 5 aliphatic rings. The van der Waals surface area contributed by atoms with Gasteiger partial charge in [-0.2, -0.15) is 0 Å². The summed E-state index contributed by atoms with van der Waals surface area (Å²) in [5, 5.41) is 0. The summed E-state index contributed by atoms with van der Waals surface area (Å²) in [4.78, 5) is 12.6. The van der Waals surface area contributed by atoms with Crippen molar-refractivity contribution < 1.29 is 4.79 Å². The molecule has 0 N–H and O–H groups in total. The van der Waals surface area contributed by atoms with E-state index in [0.29, 0.717) is 38.8 Å². The summed E-state index contributed by atoms with van der Waals surface area (Å²) in [5.41, 5.74) is 2.42. The van der Waals surface area contributed by atoms with Gasteiger partial charge in [-0.3, -0.25) is 4.79 Å². The maximum Gasteiger partial charge on any atom is 0.158 e. The third kappa shape index (κ3) is 2.64. The van der Waals surface area contributed by atoms with Crippen LogP contribution in [-0.4, -0.2) is 5.78 Å². The van der Waals surface area contributed by atoms with Gasteiger partial charge in [-0.1, -0.05) is 61.5 Å². The molecule has 0 aromatic carbocycles. The topological polar surface area (TPSA) is 17.1 Å². The second-order valence-corrected chi connectivity index (χ2v) is 15.0. The minimum Gasteiger partial charge on any atom is -0.295 e. The Morgan fingerprint density at radius 2 is 1.35 bits per heavy atom. The second-order valence-electron chi connectivity index (χ2n) is 15.0. The van der Waals surface area contributed by atoms with Crippen molar-refractivity contribution in [3.05, 3.63) is 12.2 Å². The molecular formula is C30H48O. The Bertz CT molecular complexity index is 822. The normalized spacial score (nSPS) is 58.0. The standard InChI is InChI=1S/C30H48O/c1-20-21(31)9-10-22-27(20,5)12-11-23-28(22,6)16-18-30(8)24-19-25(2,3)13-14-26(24,4)15-17-29(23,30)7/h9-10,20,22-24H,11-19H2,1-8H3/t20-,22+,23+,24-,26+,27+,28-,29+,30-/m0/s1. The molecule has 174 valence electrons. The largest absolute Gasteiger partial charge is 0.295 e. The molecule has 5 aliphatic carbocycles. The molecule has 0 unspecified atom stereocenters. The monoisotopic (exact) mass is 424 g/mol. The zero-order valence-corrected chi connectivity index (χ0v) is 21.7. The van der Waals surface area contributed by atoms with E-state index in [1.165, 1.54) is 57.8 Å². The van der Waals surface area contributed by atoms with Crippen LogP contribution in [0.5, 0.6) is 0 Å². The van der Waals surface area contributed by atoms with Crippen molar-refractivity contribution in [2.75, 3.05) is 0 Å². The van der Waals surface area contributed by atoms with Gasteiger partial charge in [0.1, 0.15) is 0 Å². The molecule has 9 atom stereocenters. The Kier molecular flexibility index (Phi) is 4.51. The predicted molar refractivity (Wildman–Crippen MR) is 130 cm³/mol. The van der Waals surface area contributed by atoms with E-state index in [4.69, 9.17) is 0 Å². The Morgan fingerprint density at radius 3 is 2.06 bits per heavy atom. The number of fused-ring (bicyclic) bond motifs is 7. The van der Waals surface area contributed by atoms with Crippen molar-refractivity contribution in [3.8, 4) is 0 Å². The lowest BCUT2D eigenvalue weighted by molar-refractivity contribution is -0.248. The Morgan fingerprint density at radius 1 is 0.742 bits per heavy atom. The summed E-state index contributed by atoms with van der Waals surface area (Å²) >= 11 is 0. The average molecular weight is 425 g/mol. The maximum absolute atomic E-state index is 12.6. The van der Waals surface area contributed by atoms with Gasteiger partial charge < -0.3 is 0 Å². The van der Waals surface area contributed by atoms with Gasteiger partial charge in [-0.15, -0.1) is 0 Å². The van der Waals surface area contributed by atoms with Gasteiger partial charge in [0.05, 0.1) is 0 Å². The molecule has 4 fully saturated rings. The number of hydrogen-bond acceptors (Lipinski definition) is 1. The van der Waals surface area contributed by atoms with Crippen LogP contribution in [0.25, 0.3) is 0 Å². The van der Waals surface area contributed by atoms with Crippen LogP contribution < -0.4 is 0 Å². The Hall–Kier alpha value is -0.590. The van der Waals surface area contributed by atoms with Crippen molar-refractivity contribution in [3.63, 3.8) is 0 Å². The smallest absolute Gasteiger partial charge is 0.158 e. The summed E-state index contributed by atoms with van der Waals surface area (Å²) in [5.74, 6) is 2.75. The lowest BCUT2D eigenvalue weighted by Gasteiger charge is -2.74. The highest BCUT2D eigenvalue weighted by molar-refractivity contribution is 5.93. The molecule has 0 spiro atoms. The van der Waals surface area contributed by atoms with Crippen molar-refractivity contribution >= 4 is 5.78 Å². The molecule has 0 heterocycles. The van der Waals surface area contributed by atoms with Gasteiger partial charge in [-0.05, 0) is 114 Å². The van der Waals surface area contributed by atoms with Crippen LogP contribution in [0.1, 0.15) is 113 Å². The minimum absolute atomic E-state index is 0.150. The van der Waals surface area contributed by atoms with Crippen LogP contribution in [0.4, 0.5) is 0 Å². The fraction of sp³-hybridized carbons (Fsp3) is 0.900. The van der Waals surface area contributed by atoms with E-state index in [9.17, 15) is 4.79 Å². The molecular weight excluding hydrogens is 376 g/mol. The fourth-order valence-corrected chi connectivity index (χ4v) is 10.7. The number of allylic oxidation sites excluding steroid dienone is 2. The number of carbonyl (C=O) groups excluding carboxylic acids is 1.